The van der Waals surface area contributed by atoms with Crippen molar-refractivity contribution in [3.8, 4) is 0 Å². The quantitative estimate of drug-likeness (QED) is 0.824. The number of sulfonamides is 1. The first-order valence-electron chi connectivity index (χ1n) is 6.92. The van der Waals surface area contributed by atoms with E-state index in [1.165, 1.54) is 10.5 Å². The average Bonchev–Trinajstić information content (AvgIpc) is 2.77. The zero-order valence-corrected chi connectivity index (χ0v) is 14.8. The molecule has 2 heterocycles. The number of benzene rings is 1. The highest BCUT2D eigenvalue weighted by Gasteiger charge is 2.26. The Balaban J connectivity index is 0.00000132. The van der Waals surface area contributed by atoms with E-state index in [9.17, 15) is 13.2 Å². The van der Waals surface area contributed by atoms with Crippen LogP contribution in [0.2, 0.25) is 0 Å². The number of halogens is 2. The molecule has 1 fully saturated rings. The highest BCUT2D eigenvalue weighted by molar-refractivity contribution is 7.89. The average molecular weight is 380 g/mol. The summed E-state index contributed by atoms with van der Waals surface area (Å²) in [4.78, 5) is 14.6. The molecule has 1 aromatic carbocycles. The fourth-order valence-corrected chi connectivity index (χ4v) is 4.30. The molecule has 0 amide bonds. The van der Waals surface area contributed by atoms with Gasteiger partial charge in [-0.15, -0.1) is 24.8 Å². The molecule has 6 nitrogen and oxygen atoms in total. The minimum Gasteiger partial charge on any atom is -0.329 e. The summed E-state index contributed by atoms with van der Waals surface area (Å²) >= 11 is 0. The summed E-state index contributed by atoms with van der Waals surface area (Å²) in [5.74, 6) is 0. The molecule has 0 saturated carbocycles. The summed E-state index contributed by atoms with van der Waals surface area (Å²) in [6.07, 6.45) is 2.26. The van der Waals surface area contributed by atoms with Gasteiger partial charge in [-0.2, -0.15) is 4.31 Å². The van der Waals surface area contributed by atoms with Crippen LogP contribution < -0.4 is 10.9 Å². The van der Waals surface area contributed by atoms with Gasteiger partial charge in [-0.05, 0) is 31.2 Å². The summed E-state index contributed by atoms with van der Waals surface area (Å²) in [5.41, 5.74) is -0.276. The van der Waals surface area contributed by atoms with Gasteiger partial charge in [0.15, 0.2) is 0 Å². The highest BCUT2D eigenvalue weighted by atomic mass is 35.5. The lowest BCUT2D eigenvalue weighted by Crippen LogP contribution is -2.34. The maximum Gasteiger partial charge on any atom is 0.255 e. The molecule has 0 atom stereocenters. The number of pyridine rings is 1. The zero-order valence-electron chi connectivity index (χ0n) is 12.3. The number of H-pyrrole nitrogens is 1. The molecule has 2 aromatic rings. The molecule has 1 aliphatic heterocycles. The van der Waals surface area contributed by atoms with E-state index >= 15 is 0 Å². The lowest BCUT2D eigenvalue weighted by molar-refractivity contribution is 0.432. The Kier molecular flexibility index (Phi) is 7.03. The van der Waals surface area contributed by atoms with Crippen molar-refractivity contribution in [1.29, 1.82) is 0 Å². The number of hydrogen-bond acceptors (Lipinski definition) is 4. The first kappa shape index (κ1) is 19.9. The second-order valence-corrected chi connectivity index (χ2v) is 6.94. The molecule has 0 spiro atoms. The molecule has 2 N–H and O–H groups in total. The van der Waals surface area contributed by atoms with Gasteiger partial charge < -0.3 is 10.3 Å². The standard InChI is InChI=1S/C14H17N3O3S.2ClH/c18-14-12-3-1-4-13(11(12)5-7-16-14)21(19,20)17-9-2-6-15-8-10-17;;/h1,3-5,7,15H,2,6,8-10H2,(H,16,18);2*1H. The van der Waals surface area contributed by atoms with Crippen molar-refractivity contribution in [3.63, 3.8) is 0 Å². The summed E-state index contributed by atoms with van der Waals surface area (Å²) < 4.78 is 27.2. The Bertz CT molecular complexity index is 815. The molecular formula is C14H19Cl2N3O3S. The number of rotatable bonds is 2. The second-order valence-electron chi connectivity index (χ2n) is 5.03. The van der Waals surface area contributed by atoms with Gasteiger partial charge in [0.2, 0.25) is 10.0 Å². The molecule has 1 aromatic heterocycles. The van der Waals surface area contributed by atoms with Crippen molar-refractivity contribution in [3.05, 3.63) is 40.8 Å². The molecule has 0 aliphatic carbocycles. The minimum absolute atomic E-state index is 0. The fraction of sp³-hybridized carbons (Fsp3) is 0.357. The van der Waals surface area contributed by atoms with Crippen LogP contribution >= 0.6 is 24.8 Å². The third kappa shape index (κ3) is 3.87. The van der Waals surface area contributed by atoms with Crippen LogP contribution in [0.4, 0.5) is 0 Å². The molecule has 9 heteroatoms. The summed E-state index contributed by atoms with van der Waals surface area (Å²) in [7, 11) is -3.59. The van der Waals surface area contributed by atoms with Crippen molar-refractivity contribution in [2.24, 2.45) is 0 Å². The number of aromatic nitrogens is 1. The lowest BCUT2D eigenvalue weighted by Gasteiger charge is -2.20. The Hall–Kier alpha value is -1.12. The third-order valence-electron chi connectivity index (χ3n) is 3.69. The number of hydrogen-bond donors (Lipinski definition) is 2. The van der Waals surface area contributed by atoms with E-state index in [-0.39, 0.29) is 35.3 Å². The molecule has 0 bridgehead atoms. The highest BCUT2D eigenvalue weighted by Crippen LogP contribution is 2.24. The molecule has 0 radical (unpaired) electrons. The van der Waals surface area contributed by atoms with Gasteiger partial charge >= 0.3 is 0 Å². The van der Waals surface area contributed by atoms with Gasteiger partial charge in [0, 0.05) is 36.6 Å². The predicted molar refractivity (Wildman–Crippen MR) is 95.3 cm³/mol. The van der Waals surface area contributed by atoms with E-state index in [4.69, 9.17) is 0 Å². The second kappa shape index (κ2) is 8.12. The van der Waals surface area contributed by atoms with Crippen LogP contribution in [0.5, 0.6) is 0 Å². The van der Waals surface area contributed by atoms with E-state index < -0.39 is 10.0 Å². The normalized spacial score (nSPS) is 16.2. The number of nitrogens with zero attached hydrogens (tertiary/aromatic N) is 1. The van der Waals surface area contributed by atoms with E-state index in [1.807, 2.05) is 0 Å². The Labute approximate surface area is 147 Å². The molecule has 1 aliphatic rings. The van der Waals surface area contributed by atoms with Gasteiger partial charge in [0.1, 0.15) is 0 Å². The molecule has 0 unspecified atom stereocenters. The summed E-state index contributed by atoms with van der Waals surface area (Å²) in [6.45, 7) is 2.41. The lowest BCUT2D eigenvalue weighted by atomic mass is 10.2. The van der Waals surface area contributed by atoms with Crippen molar-refractivity contribution in [2.75, 3.05) is 26.2 Å². The van der Waals surface area contributed by atoms with Crippen molar-refractivity contribution < 1.29 is 8.42 Å². The van der Waals surface area contributed by atoms with Crippen LogP contribution in [0.1, 0.15) is 6.42 Å². The zero-order chi connectivity index (χ0) is 14.9. The Morgan fingerprint density at radius 1 is 1.00 bits per heavy atom. The van der Waals surface area contributed by atoms with Crippen LogP contribution in [0.3, 0.4) is 0 Å². The van der Waals surface area contributed by atoms with Gasteiger partial charge in [0.05, 0.1) is 4.90 Å². The topological polar surface area (TPSA) is 82.3 Å². The van der Waals surface area contributed by atoms with Crippen molar-refractivity contribution in [2.45, 2.75) is 11.3 Å². The van der Waals surface area contributed by atoms with Crippen LogP contribution in [0, 0.1) is 0 Å². The predicted octanol–water partition coefficient (Wildman–Crippen LogP) is 1.36. The van der Waals surface area contributed by atoms with E-state index in [0.717, 1.165) is 13.0 Å². The van der Waals surface area contributed by atoms with Crippen molar-refractivity contribution in [1.82, 2.24) is 14.6 Å². The Morgan fingerprint density at radius 3 is 2.57 bits per heavy atom. The summed E-state index contributed by atoms with van der Waals surface area (Å²) in [6, 6.07) is 6.45. The first-order valence-corrected chi connectivity index (χ1v) is 8.36. The van der Waals surface area contributed by atoms with Gasteiger partial charge in [-0.1, -0.05) is 6.07 Å². The molecular weight excluding hydrogens is 361 g/mol. The number of nitrogens with one attached hydrogen (secondary N) is 2. The van der Waals surface area contributed by atoms with E-state index in [1.54, 1.807) is 24.3 Å². The largest absolute Gasteiger partial charge is 0.329 e. The van der Waals surface area contributed by atoms with E-state index in [0.29, 0.717) is 30.4 Å². The summed E-state index contributed by atoms with van der Waals surface area (Å²) in [5, 5.41) is 4.05. The SMILES string of the molecule is Cl.Cl.O=c1[nH]ccc2c(S(=O)(=O)N3CCCNCC3)cccc12. The molecule has 23 heavy (non-hydrogen) atoms. The van der Waals surface area contributed by atoms with Gasteiger partial charge in [-0.25, -0.2) is 8.42 Å². The molecule has 1 saturated heterocycles. The third-order valence-corrected chi connectivity index (χ3v) is 5.65. The monoisotopic (exact) mass is 379 g/mol. The fourth-order valence-electron chi connectivity index (χ4n) is 2.62. The maximum atomic E-state index is 12.9. The number of fused-ring (bicyclic) bond motifs is 1. The van der Waals surface area contributed by atoms with Crippen LogP contribution in [0.15, 0.2) is 40.2 Å². The van der Waals surface area contributed by atoms with Crippen LogP contribution in [-0.4, -0.2) is 43.9 Å². The Morgan fingerprint density at radius 2 is 1.78 bits per heavy atom. The number of aromatic amines is 1. The van der Waals surface area contributed by atoms with Gasteiger partial charge in [0.25, 0.3) is 5.56 Å². The first-order chi connectivity index (χ1) is 10.1. The molecule has 128 valence electrons. The smallest absolute Gasteiger partial charge is 0.255 e. The van der Waals surface area contributed by atoms with Crippen molar-refractivity contribution >= 4 is 45.6 Å². The van der Waals surface area contributed by atoms with Crippen LogP contribution in [0.25, 0.3) is 10.8 Å². The molecule has 3 rings (SSSR count). The van der Waals surface area contributed by atoms with E-state index in [2.05, 4.69) is 10.3 Å². The van der Waals surface area contributed by atoms with Crippen LogP contribution in [-0.2, 0) is 10.0 Å². The minimum atomic E-state index is -3.59. The van der Waals surface area contributed by atoms with Gasteiger partial charge in [-0.3, -0.25) is 4.79 Å². The maximum absolute atomic E-state index is 12.9.